The van der Waals surface area contributed by atoms with E-state index in [-0.39, 0.29) is 33.7 Å². The van der Waals surface area contributed by atoms with Crippen LogP contribution in [0.15, 0.2) is 11.6 Å². The molecule has 1 unspecified atom stereocenters. The SMILES string of the molecule is CC1=C(C(F)(F)F)Cc2c(C(N)=O)cc(F)c(C3CCCNC3)c21. The predicted octanol–water partition coefficient (Wildman–Crippen LogP) is 3.28. The van der Waals surface area contributed by atoms with Crippen LogP contribution in [0.3, 0.4) is 0 Å². The zero-order chi connectivity index (χ0) is 17.6. The number of rotatable bonds is 2. The summed E-state index contributed by atoms with van der Waals surface area (Å²) < 4.78 is 54.6. The van der Waals surface area contributed by atoms with Crippen LogP contribution in [0.5, 0.6) is 0 Å². The van der Waals surface area contributed by atoms with Gasteiger partial charge in [-0.2, -0.15) is 13.2 Å². The van der Waals surface area contributed by atoms with Crippen LogP contribution < -0.4 is 11.1 Å². The summed E-state index contributed by atoms with van der Waals surface area (Å²) in [6.07, 6.45) is -3.43. The van der Waals surface area contributed by atoms with E-state index in [0.717, 1.165) is 19.0 Å². The number of amides is 1. The number of benzene rings is 1. The fraction of sp³-hybridized carbons (Fsp3) is 0.471. The number of halogens is 4. The summed E-state index contributed by atoms with van der Waals surface area (Å²) in [5.41, 5.74) is 5.09. The summed E-state index contributed by atoms with van der Waals surface area (Å²) in [6, 6.07) is 0.998. The van der Waals surface area contributed by atoms with Crippen molar-refractivity contribution in [3.8, 4) is 0 Å². The maximum Gasteiger partial charge on any atom is 0.413 e. The van der Waals surface area contributed by atoms with Gasteiger partial charge in [-0.25, -0.2) is 4.39 Å². The maximum absolute atomic E-state index is 14.7. The smallest absolute Gasteiger partial charge is 0.366 e. The molecule has 1 aromatic rings. The van der Waals surface area contributed by atoms with Gasteiger partial charge in [-0.15, -0.1) is 0 Å². The molecule has 130 valence electrons. The molecule has 7 heteroatoms. The number of nitrogens with two attached hydrogens (primary N) is 1. The molecule has 1 aromatic carbocycles. The summed E-state index contributed by atoms with van der Waals surface area (Å²) in [5.74, 6) is -1.77. The molecule has 24 heavy (non-hydrogen) atoms. The second-order valence-corrected chi connectivity index (χ2v) is 6.36. The first-order valence-corrected chi connectivity index (χ1v) is 7.85. The fourth-order valence-electron chi connectivity index (χ4n) is 3.81. The number of nitrogens with one attached hydrogen (secondary N) is 1. The van der Waals surface area contributed by atoms with Crippen molar-refractivity contribution < 1.29 is 22.4 Å². The third-order valence-corrected chi connectivity index (χ3v) is 4.92. The molecule has 3 rings (SSSR count). The molecule has 1 atom stereocenters. The molecule has 1 aliphatic heterocycles. The molecular formula is C17H18F4N2O. The van der Waals surface area contributed by atoms with E-state index in [2.05, 4.69) is 5.32 Å². The highest BCUT2D eigenvalue weighted by Crippen LogP contribution is 2.46. The molecular weight excluding hydrogens is 324 g/mol. The van der Waals surface area contributed by atoms with E-state index in [4.69, 9.17) is 5.73 Å². The lowest BCUT2D eigenvalue weighted by Gasteiger charge is -2.26. The highest BCUT2D eigenvalue weighted by Gasteiger charge is 2.42. The highest BCUT2D eigenvalue weighted by molar-refractivity contribution is 5.98. The Morgan fingerprint density at radius 1 is 1.38 bits per heavy atom. The van der Waals surface area contributed by atoms with Crippen molar-refractivity contribution >= 4 is 11.5 Å². The van der Waals surface area contributed by atoms with Crippen LogP contribution in [0.4, 0.5) is 17.6 Å². The quantitative estimate of drug-likeness (QED) is 0.811. The Kier molecular flexibility index (Phi) is 4.15. The van der Waals surface area contributed by atoms with Gasteiger partial charge in [0.25, 0.3) is 0 Å². The minimum Gasteiger partial charge on any atom is -0.366 e. The second-order valence-electron chi connectivity index (χ2n) is 6.36. The standard InChI is InChI=1S/C17H18F4N2O/c1-8-12(17(19,20)21)5-10-11(16(22)24)6-13(18)15(14(8)10)9-3-2-4-23-7-9/h6,9,23H,2-5,7H2,1H3,(H2,22,24). The number of carbonyl (C=O) groups is 1. The second kappa shape index (κ2) is 5.88. The number of carbonyl (C=O) groups excluding carboxylic acids is 1. The Balaban J connectivity index is 2.23. The molecule has 1 heterocycles. The molecule has 0 bridgehead atoms. The normalized spacial score (nSPS) is 21.1. The van der Waals surface area contributed by atoms with E-state index < -0.39 is 29.9 Å². The molecule has 1 amide bonds. The molecule has 2 aliphatic rings. The fourth-order valence-corrected chi connectivity index (χ4v) is 3.81. The van der Waals surface area contributed by atoms with Crippen molar-refractivity contribution in [1.82, 2.24) is 5.32 Å². The Labute approximate surface area is 136 Å². The molecule has 1 saturated heterocycles. The van der Waals surface area contributed by atoms with E-state index in [1.807, 2.05) is 0 Å². The predicted molar refractivity (Wildman–Crippen MR) is 82.1 cm³/mol. The van der Waals surface area contributed by atoms with Gasteiger partial charge in [-0.05, 0) is 55.0 Å². The maximum atomic E-state index is 14.7. The summed E-state index contributed by atoms with van der Waals surface area (Å²) in [7, 11) is 0. The minimum atomic E-state index is -4.52. The van der Waals surface area contributed by atoms with E-state index >= 15 is 0 Å². The van der Waals surface area contributed by atoms with Crippen LogP contribution in [0.1, 0.15) is 52.7 Å². The lowest BCUT2D eigenvalue weighted by atomic mass is 9.83. The van der Waals surface area contributed by atoms with Gasteiger partial charge in [-0.3, -0.25) is 4.79 Å². The Morgan fingerprint density at radius 2 is 2.08 bits per heavy atom. The number of fused-ring (bicyclic) bond motifs is 1. The van der Waals surface area contributed by atoms with Crippen LogP contribution in [0.25, 0.3) is 5.57 Å². The van der Waals surface area contributed by atoms with Crippen LogP contribution in [0.2, 0.25) is 0 Å². The van der Waals surface area contributed by atoms with Gasteiger partial charge in [0.2, 0.25) is 5.91 Å². The molecule has 0 saturated carbocycles. The number of piperidine rings is 1. The molecule has 3 nitrogen and oxygen atoms in total. The Morgan fingerprint density at radius 3 is 2.62 bits per heavy atom. The zero-order valence-corrected chi connectivity index (χ0v) is 13.2. The Hall–Kier alpha value is -1.89. The van der Waals surface area contributed by atoms with E-state index in [0.29, 0.717) is 13.0 Å². The molecule has 1 aliphatic carbocycles. The average Bonchev–Trinajstić information content (AvgIpc) is 2.85. The van der Waals surface area contributed by atoms with Crippen LogP contribution in [-0.4, -0.2) is 25.2 Å². The number of allylic oxidation sites excluding steroid dienone is 2. The zero-order valence-electron chi connectivity index (χ0n) is 13.2. The summed E-state index contributed by atoms with van der Waals surface area (Å²) in [5, 5.41) is 3.15. The number of primary amides is 1. The summed E-state index contributed by atoms with van der Waals surface area (Å²) in [4.78, 5) is 11.6. The van der Waals surface area contributed by atoms with Crippen molar-refractivity contribution in [1.29, 1.82) is 0 Å². The van der Waals surface area contributed by atoms with Gasteiger partial charge in [-0.1, -0.05) is 0 Å². The van der Waals surface area contributed by atoms with Crippen LogP contribution in [0, 0.1) is 5.82 Å². The number of hydrogen-bond acceptors (Lipinski definition) is 2. The van der Waals surface area contributed by atoms with E-state index in [9.17, 15) is 22.4 Å². The van der Waals surface area contributed by atoms with Gasteiger partial charge in [0.15, 0.2) is 0 Å². The third-order valence-electron chi connectivity index (χ3n) is 4.92. The summed E-state index contributed by atoms with van der Waals surface area (Å²) >= 11 is 0. The first-order valence-electron chi connectivity index (χ1n) is 7.85. The van der Waals surface area contributed by atoms with E-state index in [1.54, 1.807) is 0 Å². The van der Waals surface area contributed by atoms with Crippen molar-refractivity contribution in [3.63, 3.8) is 0 Å². The molecule has 1 fully saturated rings. The molecule has 3 N–H and O–H groups in total. The monoisotopic (exact) mass is 342 g/mol. The van der Waals surface area contributed by atoms with Crippen LogP contribution >= 0.6 is 0 Å². The van der Waals surface area contributed by atoms with Gasteiger partial charge in [0.1, 0.15) is 5.82 Å². The van der Waals surface area contributed by atoms with Gasteiger partial charge in [0, 0.05) is 29.7 Å². The van der Waals surface area contributed by atoms with Crippen molar-refractivity contribution in [2.75, 3.05) is 13.1 Å². The lowest BCUT2D eigenvalue weighted by molar-refractivity contribution is -0.0921. The number of hydrogen-bond donors (Lipinski definition) is 2. The minimum absolute atomic E-state index is 0.0000680. The van der Waals surface area contributed by atoms with Crippen molar-refractivity contribution in [2.24, 2.45) is 5.73 Å². The first kappa shape index (κ1) is 17.0. The van der Waals surface area contributed by atoms with Crippen molar-refractivity contribution in [2.45, 2.75) is 38.3 Å². The Bertz CT molecular complexity index is 731. The largest absolute Gasteiger partial charge is 0.413 e. The van der Waals surface area contributed by atoms with E-state index in [1.165, 1.54) is 6.92 Å². The topological polar surface area (TPSA) is 55.1 Å². The number of alkyl halides is 3. The van der Waals surface area contributed by atoms with Crippen LogP contribution in [-0.2, 0) is 6.42 Å². The molecule has 0 spiro atoms. The lowest BCUT2D eigenvalue weighted by Crippen LogP contribution is -2.30. The molecule has 0 radical (unpaired) electrons. The van der Waals surface area contributed by atoms with Gasteiger partial charge >= 0.3 is 6.18 Å². The summed E-state index contributed by atoms with van der Waals surface area (Å²) in [6.45, 7) is 2.66. The first-order chi connectivity index (χ1) is 11.2. The third kappa shape index (κ3) is 2.70. The average molecular weight is 342 g/mol. The molecule has 0 aromatic heterocycles. The van der Waals surface area contributed by atoms with Gasteiger partial charge < -0.3 is 11.1 Å². The highest BCUT2D eigenvalue weighted by atomic mass is 19.4. The van der Waals surface area contributed by atoms with Crippen molar-refractivity contribution in [3.05, 3.63) is 39.7 Å². The van der Waals surface area contributed by atoms with Gasteiger partial charge in [0.05, 0.1) is 0 Å².